The van der Waals surface area contributed by atoms with Crippen LogP contribution in [0.25, 0.3) is 0 Å². The maximum absolute atomic E-state index is 13.5. The van der Waals surface area contributed by atoms with Crippen LogP contribution in [0, 0.1) is 50.7 Å². The van der Waals surface area contributed by atoms with Crippen LogP contribution >= 0.6 is 0 Å². The SMILES string of the molecule is CO[C@@H]1CC[C@@]2(C)[C@@H](CC[C@@]3(C)CC4=CC[C@H]5C(C)(C)[C@H](OC(=O)CCC(=O)Oc6ccc(O)c7c6O[C@H](c6ccc(O)cc6)CC7=O)CC[C@]5(C)[C@H]4CC[C@@H]32)C1(C)C. The predicted molar refractivity (Wildman–Crippen MR) is 224 cm³/mol. The summed E-state index contributed by atoms with van der Waals surface area (Å²) in [5, 5.41) is 20.2. The molecule has 2 aromatic carbocycles. The Morgan fingerprint density at radius 1 is 0.763 bits per heavy atom. The number of methoxy groups -OCH3 is 1. The lowest BCUT2D eigenvalue weighted by atomic mass is 9.42. The van der Waals surface area contributed by atoms with E-state index in [4.69, 9.17) is 18.9 Å². The second-order valence-corrected chi connectivity index (χ2v) is 21.2. The maximum atomic E-state index is 13.5. The number of phenolic OH excluding ortho intramolecular Hbond substituents is 2. The Balaban J connectivity index is 0.910. The molecule has 0 bridgehead atoms. The Labute approximate surface area is 350 Å². The summed E-state index contributed by atoms with van der Waals surface area (Å²) in [5.41, 5.74) is 2.94. The van der Waals surface area contributed by atoms with Gasteiger partial charge in [0.1, 0.15) is 29.3 Å². The van der Waals surface area contributed by atoms with E-state index in [1.807, 2.05) is 7.11 Å². The van der Waals surface area contributed by atoms with Gasteiger partial charge in [0.15, 0.2) is 17.3 Å². The standard InChI is InChI=1S/C50H66O9/c1-46(2)38-21-24-48(5)28-30-11-17-37-47(3,4)41(23-25-49(37,6)32(30)14-18-39(48)50(38,7)26-22-40(46)56-8)59-43(55)20-19-42(54)57-35-16-15-33(52)44-34(53)27-36(58-45(35)44)29-9-12-31(51)13-10-29/h9-13,15-16,32,36-41,51-52H,14,17-28H2,1-8H3/t32-,36-,37-,38-,39-,40+,41+,48-,49+,50-/m0/s1. The fourth-order valence-corrected chi connectivity index (χ4v) is 14.5. The van der Waals surface area contributed by atoms with Gasteiger partial charge >= 0.3 is 11.9 Å². The van der Waals surface area contributed by atoms with E-state index in [0.717, 1.165) is 25.7 Å². The molecule has 10 atom stereocenters. The van der Waals surface area contributed by atoms with Gasteiger partial charge in [-0.3, -0.25) is 14.4 Å². The molecule has 8 rings (SSSR count). The van der Waals surface area contributed by atoms with Crippen molar-refractivity contribution in [3.05, 3.63) is 59.2 Å². The van der Waals surface area contributed by atoms with Crippen LogP contribution in [0.2, 0.25) is 0 Å². The second kappa shape index (κ2) is 15.0. The topological polar surface area (TPSA) is 129 Å². The highest BCUT2D eigenvalue weighted by Gasteiger charge is 2.63. The molecule has 2 aromatic rings. The molecule has 6 aliphatic rings. The molecule has 4 saturated carbocycles. The summed E-state index contributed by atoms with van der Waals surface area (Å²) < 4.78 is 24.1. The number of aromatic hydroxyl groups is 2. The van der Waals surface area contributed by atoms with E-state index in [2.05, 4.69) is 54.5 Å². The molecule has 0 aromatic heterocycles. The number of ketones is 1. The lowest BCUT2D eigenvalue weighted by Crippen LogP contribution is -2.58. The molecule has 0 spiro atoms. The van der Waals surface area contributed by atoms with Gasteiger partial charge in [-0.05, 0) is 139 Å². The number of benzene rings is 2. The number of fused-ring (bicyclic) bond motifs is 7. The molecule has 2 N–H and O–H groups in total. The molecule has 5 aliphatic carbocycles. The first kappa shape index (κ1) is 41.9. The molecule has 0 unspecified atom stereocenters. The van der Waals surface area contributed by atoms with Gasteiger partial charge in [0.2, 0.25) is 0 Å². The highest BCUT2D eigenvalue weighted by Crippen LogP contribution is 2.70. The van der Waals surface area contributed by atoms with E-state index < -0.39 is 18.0 Å². The Morgan fingerprint density at radius 2 is 1.44 bits per heavy atom. The lowest BCUT2D eigenvalue weighted by molar-refractivity contribution is -0.178. The number of hydrogen-bond acceptors (Lipinski definition) is 9. The molecule has 320 valence electrons. The summed E-state index contributed by atoms with van der Waals surface area (Å²) in [6, 6.07) is 8.99. The Bertz CT molecular complexity index is 2010. The maximum Gasteiger partial charge on any atom is 0.311 e. The van der Waals surface area contributed by atoms with Crippen molar-refractivity contribution in [3.63, 3.8) is 0 Å². The van der Waals surface area contributed by atoms with Gasteiger partial charge in [-0.25, -0.2) is 0 Å². The lowest BCUT2D eigenvalue weighted by Gasteiger charge is -2.64. The molecule has 59 heavy (non-hydrogen) atoms. The van der Waals surface area contributed by atoms with Crippen molar-refractivity contribution in [1.29, 1.82) is 0 Å². The van der Waals surface area contributed by atoms with E-state index in [-0.39, 0.29) is 76.0 Å². The summed E-state index contributed by atoms with van der Waals surface area (Å²) in [6.07, 6.45) is 13.0. The van der Waals surface area contributed by atoms with Crippen molar-refractivity contribution in [3.8, 4) is 23.0 Å². The zero-order valence-electron chi connectivity index (χ0n) is 36.5. The number of rotatable bonds is 7. The normalized spacial score (nSPS) is 36.8. The number of carbonyl (C=O) groups excluding carboxylic acids is 3. The third-order valence-corrected chi connectivity index (χ3v) is 17.4. The van der Waals surface area contributed by atoms with Gasteiger partial charge in [-0.2, -0.15) is 0 Å². The second-order valence-electron chi connectivity index (χ2n) is 21.2. The first-order valence-corrected chi connectivity index (χ1v) is 22.3. The van der Waals surface area contributed by atoms with Crippen LogP contribution in [-0.2, 0) is 19.1 Å². The smallest absolute Gasteiger partial charge is 0.311 e. The van der Waals surface area contributed by atoms with Crippen LogP contribution in [0.15, 0.2) is 48.0 Å². The molecule has 4 fully saturated rings. The molecule has 9 nitrogen and oxygen atoms in total. The van der Waals surface area contributed by atoms with Crippen LogP contribution in [0.1, 0.15) is 154 Å². The molecular formula is C50H66O9. The minimum Gasteiger partial charge on any atom is -0.508 e. The molecule has 9 heteroatoms. The monoisotopic (exact) mass is 810 g/mol. The minimum absolute atomic E-state index is 0.00610. The molecular weight excluding hydrogens is 745 g/mol. The summed E-state index contributed by atoms with van der Waals surface area (Å²) in [5.74, 6) is 0.571. The van der Waals surface area contributed by atoms with E-state index >= 15 is 0 Å². The van der Waals surface area contributed by atoms with Crippen LogP contribution in [-0.4, -0.2) is 47.3 Å². The molecule has 1 aliphatic heterocycles. The number of allylic oxidation sites excluding steroid dienone is 2. The van der Waals surface area contributed by atoms with E-state index in [0.29, 0.717) is 46.2 Å². The van der Waals surface area contributed by atoms with Crippen molar-refractivity contribution in [1.82, 2.24) is 0 Å². The largest absolute Gasteiger partial charge is 0.508 e. The highest BCUT2D eigenvalue weighted by molar-refractivity contribution is 6.03. The van der Waals surface area contributed by atoms with Crippen molar-refractivity contribution in [2.24, 2.45) is 50.7 Å². The number of esters is 2. The number of carbonyl (C=O) groups is 3. The Hall–Kier alpha value is -3.85. The third-order valence-electron chi connectivity index (χ3n) is 17.4. The van der Waals surface area contributed by atoms with Gasteiger partial charge < -0.3 is 29.2 Å². The molecule has 0 amide bonds. The van der Waals surface area contributed by atoms with Crippen molar-refractivity contribution in [2.75, 3.05) is 7.11 Å². The van der Waals surface area contributed by atoms with Crippen molar-refractivity contribution in [2.45, 2.75) is 150 Å². The Morgan fingerprint density at radius 3 is 2.17 bits per heavy atom. The molecule has 1 heterocycles. The van der Waals surface area contributed by atoms with Gasteiger partial charge in [0, 0.05) is 12.5 Å². The average Bonchev–Trinajstić information content (AvgIpc) is 3.33. The van der Waals surface area contributed by atoms with Crippen LogP contribution in [0.4, 0.5) is 0 Å². The minimum atomic E-state index is -0.697. The number of ether oxygens (including phenoxy) is 4. The summed E-state index contributed by atoms with van der Waals surface area (Å²) in [7, 11) is 1.90. The zero-order chi connectivity index (χ0) is 42.3. The first-order chi connectivity index (χ1) is 27.8. The zero-order valence-corrected chi connectivity index (χ0v) is 36.5. The van der Waals surface area contributed by atoms with Gasteiger partial charge in [-0.1, -0.05) is 72.2 Å². The predicted octanol–water partition coefficient (Wildman–Crippen LogP) is 10.8. The summed E-state index contributed by atoms with van der Waals surface area (Å²) in [6.45, 7) is 17.3. The average molecular weight is 811 g/mol. The van der Waals surface area contributed by atoms with Gasteiger partial charge in [0.25, 0.3) is 0 Å². The summed E-state index contributed by atoms with van der Waals surface area (Å²) in [4.78, 5) is 39.7. The van der Waals surface area contributed by atoms with Crippen LogP contribution < -0.4 is 9.47 Å². The van der Waals surface area contributed by atoms with E-state index in [1.165, 1.54) is 62.8 Å². The number of phenols is 2. The highest BCUT2D eigenvalue weighted by atomic mass is 16.6. The Kier molecular flexibility index (Phi) is 10.6. The number of hydrogen-bond donors (Lipinski definition) is 2. The van der Waals surface area contributed by atoms with Gasteiger partial charge in [0.05, 0.1) is 25.4 Å². The number of Topliss-reactive ketones (excluding diaryl/α,β-unsaturated/α-hetero) is 1. The van der Waals surface area contributed by atoms with Crippen LogP contribution in [0.5, 0.6) is 23.0 Å². The van der Waals surface area contributed by atoms with Crippen molar-refractivity contribution < 1.29 is 43.5 Å². The summed E-state index contributed by atoms with van der Waals surface area (Å²) >= 11 is 0. The van der Waals surface area contributed by atoms with Crippen molar-refractivity contribution >= 4 is 17.7 Å². The molecule has 0 radical (unpaired) electrons. The van der Waals surface area contributed by atoms with E-state index in [1.54, 1.807) is 17.7 Å². The third kappa shape index (κ3) is 6.99. The van der Waals surface area contributed by atoms with Crippen LogP contribution in [0.3, 0.4) is 0 Å². The van der Waals surface area contributed by atoms with Gasteiger partial charge in [-0.15, -0.1) is 0 Å². The molecule has 0 saturated heterocycles. The van der Waals surface area contributed by atoms with E-state index in [9.17, 15) is 24.6 Å². The fraction of sp³-hybridized carbons (Fsp3) is 0.660. The fourth-order valence-electron chi connectivity index (χ4n) is 14.5. The first-order valence-electron chi connectivity index (χ1n) is 22.3. The quantitative estimate of drug-likeness (QED) is 0.159.